The molecule has 1 aliphatic rings. The SMILES string of the molecule is COC(=O)c1cc(NS(=O)[O-])ccc1NC1CCCCC1. The number of carbonyl (C=O) groups is 1. The second kappa shape index (κ2) is 7.42. The van der Waals surface area contributed by atoms with Crippen LogP contribution in [0, 0.1) is 0 Å². The van der Waals surface area contributed by atoms with Crippen molar-refractivity contribution >= 4 is 28.6 Å². The molecule has 21 heavy (non-hydrogen) atoms. The molecule has 0 aliphatic heterocycles. The van der Waals surface area contributed by atoms with Crippen molar-refractivity contribution in [2.24, 2.45) is 0 Å². The zero-order valence-corrected chi connectivity index (χ0v) is 12.7. The van der Waals surface area contributed by atoms with Gasteiger partial charge in [0.2, 0.25) is 0 Å². The number of rotatable bonds is 5. The minimum Gasteiger partial charge on any atom is -0.755 e. The lowest BCUT2D eigenvalue weighted by molar-refractivity contribution is 0.0602. The van der Waals surface area contributed by atoms with Gasteiger partial charge in [-0.2, -0.15) is 0 Å². The second-order valence-electron chi connectivity index (χ2n) is 5.07. The Labute approximate surface area is 126 Å². The molecule has 0 saturated heterocycles. The van der Waals surface area contributed by atoms with E-state index in [9.17, 15) is 13.6 Å². The minimum atomic E-state index is -2.43. The first-order chi connectivity index (χ1) is 10.1. The summed E-state index contributed by atoms with van der Waals surface area (Å²) in [5.74, 6) is -0.492. The molecule has 1 fully saturated rings. The number of anilines is 2. The van der Waals surface area contributed by atoms with Crippen molar-refractivity contribution < 1.29 is 18.3 Å². The summed E-state index contributed by atoms with van der Waals surface area (Å²) in [7, 11) is 1.30. The van der Waals surface area contributed by atoms with E-state index >= 15 is 0 Å². The average molecular weight is 311 g/mol. The second-order valence-corrected chi connectivity index (χ2v) is 5.74. The van der Waals surface area contributed by atoms with Gasteiger partial charge in [-0.15, -0.1) is 0 Å². The van der Waals surface area contributed by atoms with Gasteiger partial charge in [0, 0.05) is 28.7 Å². The van der Waals surface area contributed by atoms with Crippen LogP contribution in [0.2, 0.25) is 0 Å². The Kier molecular flexibility index (Phi) is 5.58. The summed E-state index contributed by atoms with van der Waals surface area (Å²) in [6.45, 7) is 0. The first-order valence-corrected chi connectivity index (χ1v) is 8.02. The molecular formula is C14H19N2O4S-. The van der Waals surface area contributed by atoms with Crippen LogP contribution in [0.15, 0.2) is 18.2 Å². The predicted molar refractivity (Wildman–Crippen MR) is 80.8 cm³/mol. The molecule has 7 heteroatoms. The number of carbonyl (C=O) groups excluding carboxylic acids is 1. The van der Waals surface area contributed by atoms with Gasteiger partial charge in [0.1, 0.15) is 0 Å². The average Bonchev–Trinajstić information content (AvgIpc) is 2.48. The zero-order valence-electron chi connectivity index (χ0n) is 11.9. The van der Waals surface area contributed by atoms with E-state index in [0.717, 1.165) is 12.8 Å². The maximum Gasteiger partial charge on any atom is 0.340 e. The Morgan fingerprint density at radius 2 is 2.05 bits per heavy atom. The molecule has 0 radical (unpaired) electrons. The Balaban J connectivity index is 2.21. The van der Waals surface area contributed by atoms with Crippen molar-refractivity contribution in [1.82, 2.24) is 0 Å². The van der Waals surface area contributed by atoms with Gasteiger partial charge >= 0.3 is 5.97 Å². The highest BCUT2D eigenvalue weighted by Crippen LogP contribution is 2.26. The molecule has 1 unspecified atom stereocenters. The monoisotopic (exact) mass is 311 g/mol. The van der Waals surface area contributed by atoms with Gasteiger partial charge < -0.3 is 19.3 Å². The highest BCUT2D eigenvalue weighted by molar-refractivity contribution is 7.80. The standard InChI is InChI=1S/C14H20N2O4S/c1-20-14(17)12-9-11(16-21(18)19)7-8-13(12)15-10-5-3-2-4-6-10/h7-10,15-16H,2-6H2,1H3,(H,18,19)/p-1. The summed E-state index contributed by atoms with van der Waals surface area (Å²) < 4.78 is 28.4. The van der Waals surface area contributed by atoms with Gasteiger partial charge in [0.05, 0.1) is 12.7 Å². The molecule has 0 amide bonds. The van der Waals surface area contributed by atoms with E-state index in [2.05, 4.69) is 10.0 Å². The van der Waals surface area contributed by atoms with Gasteiger partial charge in [0.15, 0.2) is 0 Å². The number of hydrogen-bond donors (Lipinski definition) is 2. The molecule has 116 valence electrons. The Bertz CT molecular complexity index is 530. The summed E-state index contributed by atoms with van der Waals surface area (Å²) in [5.41, 5.74) is 1.34. The van der Waals surface area contributed by atoms with E-state index < -0.39 is 17.2 Å². The van der Waals surface area contributed by atoms with Crippen LogP contribution in [-0.4, -0.2) is 27.9 Å². The van der Waals surface area contributed by atoms with Gasteiger partial charge in [-0.05, 0) is 31.0 Å². The number of methoxy groups -OCH3 is 1. The number of hydrogen-bond acceptors (Lipinski definition) is 5. The predicted octanol–water partition coefficient (Wildman–Crippen LogP) is 2.42. The van der Waals surface area contributed by atoms with Crippen molar-refractivity contribution in [3.05, 3.63) is 23.8 Å². The Morgan fingerprint density at radius 3 is 2.67 bits per heavy atom. The summed E-state index contributed by atoms with van der Waals surface area (Å²) in [5, 5.41) is 3.36. The fourth-order valence-electron chi connectivity index (χ4n) is 2.58. The molecule has 6 nitrogen and oxygen atoms in total. The summed E-state index contributed by atoms with van der Waals surface area (Å²) in [6.07, 6.45) is 5.76. The summed E-state index contributed by atoms with van der Waals surface area (Å²) in [6, 6.07) is 5.14. The topological polar surface area (TPSA) is 90.5 Å². The van der Waals surface area contributed by atoms with Gasteiger partial charge in [-0.25, -0.2) is 4.79 Å². The van der Waals surface area contributed by atoms with E-state index in [1.54, 1.807) is 12.1 Å². The highest BCUT2D eigenvalue weighted by Gasteiger charge is 2.18. The fourth-order valence-corrected chi connectivity index (χ4v) is 2.89. The third-order valence-electron chi connectivity index (χ3n) is 3.59. The van der Waals surface area contributed by atoms with Crippen molar-refractivity contribution in [2.45, 2.75) is 38.1 Å². The quantitative estimate of drug-likeness (QED) is 0.644. The normalized spacial score (nSPS) is 17.0. The van der Waals surface area contributed by atoms with E-state index in [1.165, 1.54) is 32.4 Å². The maximum atomic E-state index is 11.9. The van der Waals surface area contributed by atoms with Crippen LogP contribution in [0.3, 0.4) is 0 Å². The zero-order chi connectivity index (χ0) is 15.2. The highest BCUT2D eigenvalue weighted by atomic mass is 32.2. The van der Waals surface area contributed by atoms with Crippen LogP contribution in [0.25, 0.3) is 0 Å². The smallest absolute Gasteiger partial charge is 0.340 e. The largest absolute Gasteiger partial charge is 0.755 e. The van der Waals surface area contributed by atoms with E-state index in [1.807, 2.05) is 0 Å². The van der Waals surface area contributed by atoms with Crippen molar-refractivity contribution in [3.8, 4) is 0 Å². The van der Waals surface area contributed by atoms with Crippen LogP contribution in [0.5, 0.6) is 0 Å². The van der Waals surface area contributed by atoms with Crippen LogP contribution in [0.4, 0.5) is 11.4 Å². The van der Waals surface area contributed by atoms with E-state index in [0.29, 0.717) is 23.0 Å². The van der Waals surface area contributed by atoms with Gasteiger partial charge in [0.25, 0.3) is 0 Å². The lowest BCUT2D eigenvalue weighted by Crippen LogP contribution is -2.23. The lowest BCUT2D eigenvalue weighted by Gasteiger charge is -2.25. The number of ether oxygens (including phenoxy) is 1. The molecule has 0 heterocycles. The molecular weight excluding hydrogens is 292 g/mol. The van der Waals surface area contributed by atoms with Crippen LogP contribution < -0.4 is 10.0 Å². The van der Waals surface area contributed by atoms with Crippen LogP contribution in [-0.2, 0) is 16.0 Å². The van der Waals surface area contributed by atoms with E-state index in [4.69, 9.17) is 4.74 Å². The molecule has 1 aromatic rings. The maximum absolute atomic E-state index is 11.9. The first-order valence-electron chi connectivity index (χ1n) is 6.95. The van der Waals surface area contributed by atoms with Crippen LogP contribution >= 0.6 is 0 Å². The van der Waals surface area contributed by atoms with Crippen LogP contribution in [0.1, 0.15) is 42.5 Å². The minimum absolute atomic E-state index is 0.331. The van der Waals surface area contributed by atoms with Crippen molar-refractivity contribution in [3.63, 3.8) is 0 Å². The van der Waals surface area contributed by atoms with Gasteiger partial charge in [-0.3, -0.25) is 4.21 Å². The third-order valence-corrected chi connectivity index (χ3v) is 3.99. The molecule has 1 aliphatic carbocycles. The molecule has 2 N–H and O–H groups in total. The molecule has 2 rings (SSSR count). The fraction of sp³-hybridized carbons (Fsp3) is 0.500. The molecule has 1 saturated carbocycles. The molecule has 1 atom stereocenters. The lowest BCUT2D eigenvalue weighted by atomic mass is 9.95. The third kappa shape index (κ3) is 4.44. The number of esters is 1. The van der Waals surface area contributed by atoms with E-state index in [-0.39, 0.29) is 0 Å². The summed E-state index contributed by atoms with van der Waals surface area (Å²) in [4.78, 5) is 11.9. The van der Waals surface area contributed by atoms with Crippen molar-refractivity contribution in [1.29, 1.82) is 0 Å². The molecule has 0 spiro atoms. The first kappa shape index (κ1) is 15.8. The Morgan fingerprint density at radius 1 is 1.33 bits per heavy atom. The number of nitrogens with one attached hydrogen (secondary N) is 2. The molecule has 0 aromatic heterocycles. The van der Waals surface area contributed by atoms with Crippen molar-refractivity contribution in [2.75, 3.05) is 17.1 Å². The summed E-state index contributed by atoms with van der Waals surface area (Å²) >= 11 is -2.43. The number of benzene rings is 1. The Hall–Kier alpha value is -1.60. The molecule has 1 aromatic carbocycles. The van der Waals surface area contributed by atoms with Gasteiger partial charge in [-0.1, -0.05) is 19.3 Å². The molecule has 0 bridgehead atoms.